The van der Waals surface area contributed by atoms with E-state index in [2.05, 4.69) is 6.07 Å². The number of ketones is 1. The Morgan fingerprint density at radius 3 is 3.00 bits per heavy atom. The van der Waals surface area contributed by atoms with E-state index in [0.29, 0.717) is 24.2 Å². The Labute approximate surface area is 99.8 Å². The van der Waals surface area contributed by atoms with Gasteiger partial charge in [-0.05, 0) is 43.7 Å². The van der Waals surface area contributed by atoms with Crippen LogP contribution < -0.4 is 5.73 Å². The monoisotopic (exact) mass is 235 g/mol. The zero-order chi connectivity index (χ0) is 11.1. The molecule has 86 valence electrons. The maximum Gasteiger partial charge on any atom is 0.141 e. The van der Waals surface area contributed by atoms with Crippen LogP contribution in [-0.2, 0) is 24.1 Å². The molecule has 16 heavy (non-hydrogen) atoms. The maximum absolute atomic E-state index is 11.7. The third-order valence-electron chi connectivity index (χ3n) is 3.55. The van der Waals surface area contributed by atoms with Gasteiger partial charge in [-0.25, -0.2) is 0 Å². The fourth-order valence-corrected chi connectivity index (χ4v) is 3.65. The second kappa shape index (κ2) is 3.97. The standard InChI is InChI=1S/C13H17NOS/c14-10-3-4-13-9(5-10)6-11(16-13)7-12(15)8-1-2-8/h6,8,10H,1-5,7,14H2. The molecule has 1 aromatic heterocycles. The molecule has 3 rings (SSSR count). The van der Waals surface area contributed by atoms with Crippen molar-refractivity contribution in [2.24, 2.45) is 11.7 Å². The van der Waals surface area contributed by atoms with Gasteiger partial charge in [0.15, 0.2) is 0 Å². The molecule has 1 fully saturated rings. The SMILES string of the molecule is NC1CCc2sc(CC(=O)C3CC3)cc2C1. The normalized spacial score (nSPS) is 24.2. The highest BCUT2D eigenvalue weighted by molar-refractivity contribution is 7.12. The van der Waals surface area contributed by atoms with Crippen LogP contribution in [0.5, 0.6) is 0 Å². The zero-order valence-corrected chi connectivity index (χ0v) is 10.2. The van der Waals surface area contributed by atoms with Gasteiger partial charge in [0.2, 0.25) is 0 Å². The Hall–Kier alpha value is -0.670. The topological polar surface area (TPSA) is 43.1 Å². The summed E-state index contributed by atoms with van der Waals surface area (Å²) in [4.78, 5) is 14.5. The summed E-state index contributed by atoms with van der Waals surface area (Å²) in [6, 6.07) is 2.55. The summed E-state index contributed by atoms with van der Waals surface area (Å²) in [5, 5.41) is 0. The zero-order valence-electron chi connectivity index (χ0n) is 9.37. The van der Waals surface area contributed by atoms with Crippen molar-refractivity contribution in [2.75, 3.05) is 0 Å². The fourth-order valence-electron chi connectivity index (χ4n) is 2.42. The molecule has 2 N–H and O–H groups in total. The van der Waals surface area contributed by atoms with Crippen molar-refractivity contribution in [2.45, 2.75) is 44.6 Å². The molecule has 0 radical (unpaired) electrons. The van der Waals surface area contributed by atoms with Gasteiger partial charge in [-0.3, -0.25) is 4.79 Å². The van der Waals surface area contributed by atoms with Crippen LogP contribution in [0.25, 0.3) is 0 Å². The molecule has 1 unspecified atom stereocenters. The number of rotatable bonds is 3. The molecular weight excluding hydrogens is 218 g/mol. The van der Waals surface area contributed by atoms with Crippen LogP contribution in [0, 0.1) is 5.92 Å². The minimum Gasteiger partial charge on any atom is -0.327 e. The number of hydrogen-bond donors (Lipinski definition) is 1. The van der Waals surface area contributed by atoms with Gasteiger partial charge in [0, 0.05) is 28.1 Å². The molecule has 0 amide bonds. The highest BCUT2D eigenvalue weighted by atomic mass is 32.1. The molecule has 2 nitrogen and oxygen atoms in total. The molecule has 2 aliphatic rings. The number of carbonyl (C=O) groups excluding carboxylic acids is 1. The van der Waals surface area contributed by atoms with Crippen molar-refractivity contribution in [3.63, 3.8) is 0 Å². The molecule has 0 spiro atoms. The Bertz CT molecular complexity index is 420. The molecule has 0 aliphatic heterocycles. The van der Waals surface area contributed by atoms with E-state index in [1.807, 2.05) is 11.3 Å². The predicted molar refractivity (Wildman–Crippen MR) is 65.8 cm³/mol. The molecule has 0 saturated heterocycles. The molecular formula is C13H17NOS. The number of fused-ring (bicyclic) bond motifs is 1. The molecule has 1 heterocycles. The molecule has 0 aromatic carbocycles. The summed E-state index contributed by atoms with van der Waals surface area (Å²) in [7, 11) is 0. The van der Waals surface area contributed by atoms with Gasteiger partial charge in [0.1, 0.15) is 5.78 Å². The Balaban J connectivity index is 1.73. The number of aryl methyl sites for hydroxylation is 1. The first-order valence-corrected chi connectivity index (χ1v) is 6.93. The average molecular weight is 235 g/mol. The Morgan fingerprint density at radius 1 is 1.44 bits per heavy atom. The largest absolute Gasteiger partial charge is 0.327 e. The van der Waals surface area contributed by atoms with Crippen molar-refractivity contribution >= 4 is 17.1 Å². The number of carbonyl (C=O) groups is 1. The molecule has 1 saturated carbocycles. The minimum atomic E-state index is 0.328. The molecule has 3 heteroatoms. The van der Waals surface area contributed by atoms with Gasteiger partial charge in [0.25, 0.3) is 0 Å². The third-order valence-corrected chi connectivity index (χ3v) is 4.79. The third kappa shape index (κ3) is 2.06. The lowest BCUT2D eigenvalue weighted by Crippen LogP contribution is -2.26. The van der Waals surface area contributed by atoms with E-state index >= 15 is 0 Å². The second-order valence-corrected chi connectivity index (χ2v) is 6.30. The summed E-state index contributed by atoms with van der Waals surface area (Å²) >= 11 is 1.83. The molecule has 2 aliphatic carbocycles. The summed E-state index contributed by atoms with van der Waals surface area (Å²) < 4.78 is 0. The van der Waals surface area contributed by atoms with E-state index in [0.717, 1.165) is 32.1 Å². The predicted octanol–water partition coefficient (Wildman–Crippen LogP) is 2.09. The second-order valence-electron chi connectivity index (χ2n) is 5.08. The molecule has 1 aromatic rings. The first kappa shape index (κ1) is 10.5. The van der Waals surface area contributed by atoms with Crippen molar-refractivity contribution in [1.29, 1.82) is 0 Å². The summed E-state index contributed by atoms with van der Waals surface area (Å²) in [5.41, 5.74) is 7.36. The van der Waals surface area contributed by atoms with Crippen LogP contribution in [-0.4, -0.2) is 11.8 Å². The number of nitrogens with two attached hydrogens (primary N) is 1. The van der Waals surface area contributed by atoms with Gasteiger partial charge in [0.05, 0.1) is 0 Å². The van der Waals surface area contributed by atoms with Crippen LogP contribution >= 0.6 is 11.3 Å². The van der Waals surface area contributed by atoms with E-state index in [-0.39, 0.29) is 0 Å². The first-order valence-electron chi connectivity index (χ1n) is 6.11. The number of hydrogen-bond acceptors (Lipinski definition) is 3. The summed E-state index contributed by atoms with van der Waals surface area (Å²) in [6.07, 6.45) is 6.12. The lowest BCUT2D eigenvalue weighted by Gasteiger charge is -2.17. The highest BCUT2D eigenvalue weighted by Crippen LogP contribution is 2.34. The van der Waals surface area contributed by atoms with Gasteiger partial charge < -0.3 is 5.73 Å². The molecule has 0 bridgehead atoms. The Morgan fingerprint density at radius 2 is 2.25 bits per heavy atom. The number of Topliss-reactive ketones (excluding diaryl/α,β-unsaturated/α-hetero) is 1. The lowest BCUT2D eigenvalue weighted by atomic mass is 9.95. The highest BCUT2D eigenvalue weighted by Gasteiger charge is 2.30. The van der Waals surface area contributed by atoms with E-state index in [1.165, 1.54) is 15.3 Å². The van der Waals surface area contributed by atoms with E-state index < -0.39 is 0 Å². The maximum atomic E-state index is 11.7. The van der Waals surface area contributed by atoms with Gasteiger partial charge >= 0.3 is 0 Å². The fraction of sp³-hybridized carbons (Fsp3) is 0.615. The van der Waals surface area contributed by atoms with Crippen LogP contribution in [0.1, 0.15) is 34.6 Å². The molecule has 1 atom stereocenters. The number of thiophene rings is 1. The van der Waals surface area contributed by atoms with Crippen molar-refractivity contribution in [1.82, 2.24) is 0 Å². The summed E-state index contributed by atoms with van der Waals surface area (Å²) in [5.74, 6) is 0.837. The van der Waals surface area contributed by atoms with E-state index in [1.54, 1.807) is 0 Å². The quantitative estimate of drug-likeness (QED) is 0.871. The summed E-state index contributed by atoms with van der Waals surface area (Å²) in [6.45, 7) is 0. The van der Waals surface area contributed by atoms with E-state index in [9.17, 15) is 4.79 Å². The average Bonchev–Trinajstić information content (AvgIpc) is 3.00. The van der Waals surface area contributed by atoms with Crippen LogP contribution in [0.3, 0.4) is 0 Å². The first-order chi connectivity index (χ1) is 7.72. The van der Waals surface area contributed by atoms with Crippen LogP contribution in [0.2, 0.25) is 0 Å². The van der Waals surface area contributed by atoms with Crippen molar-refractivity contribution in [3.05, 3.63) is 21.4 Å². The van der Waals surface area contributed by atoms with Crippen molar-refractivity contribution in [3.8, 4) is 0 Å². The minimum absolute atomic E-state index is 0.328. The van der Waals surface area contributed by atoms with Gasteiger partial charge in [-0.1, -0.05) is 0 Å². The van der Waals surface area contributed by atoms with Gasteiger partial charge in [-0.2, -0.15) is 0 Å². The van der Waals surface area contributed by atoms with Crippen LogP contribution in [0.4, 0.5) is 0 Å². The van der Waals surface area contributed by atoms with Gasteiger partial charge in [-0.15, -0.1) is 11.3 Å². The van der Waals surface area contributed by atoms with Crippen LogP contribution in [0.15, 0.2) is 6.07 Å². The van der Waals surface area contributed by atoms with E-state index in [4.69, 9.17) is 5.73 Å². The van der Waals surface area contributed by atoms with Crippen molar-refractivity contribution < 1.29 is 4.79 Å². The Kier molecular flexibility index (Phi) is 2.60. The lowest BCUT2D eigenvalue weighted by molar-refractivity contribution is -0.119. The smallest absolute Gasteiger partial charge is 0.141 e.